The Hall–Kier alpha value is -0.570. The first-order valence-corrected chi connectivity index (χ1v) is 5.18. The number of likely N-dealkylation sites (N-methyl/N-ethyl adjacent to an activating group) is 1. The molecular formula is C10H20N2O. The Morgan fingerprint density at radius 3 is 2.92 bits per heavy atom. The van der Waals surface area contributed by atoms with Gasteiger partial charge in [0.25, 0.3) is 0 Å². The van der Waals surface area contributed by atoms with Gasteiger partial charge in [-0.15, -0.1) is 0 Å². The molecule has 1 aliphatic rings. The molecule has 0 spiro atoms. The molecule has 2 unspecified atom stereocenters. The van der Waals surface area contributed by atoms with E-state index in [-0.39, 0.29) is 11.9 Å². The zero-order chi connectivity index (χ0) is 9.84. The van der Waals surface area contributed by atoms with Gasteiger partial charge in [0.15, 0.2) is 0 Å². The minimum atomic E-state index is 0.125. The van der Waals surface area contributed by atoms with Crippen LogP contribution in [0.25, 0.3) is 0 Å². The lowest BCUT2D eigenvalue weighted by atomic mass is 10.1. The van der Waals surface area contributed by atoms with Crippen molar-refractivity contribution in [1.29, 1.82) is 0 Å². The predicted molar refractivity (Wildman–Crippen MR) is 53.5 cm³/mol. The molecule has 1 rings (SSSR count). The van der Waals surface area contributed by atoms with Crippen LogP contribution < -0.4 is 5.32 Å². The number of hydrogen-bond acceptors (Lipinski definition) is 2. The second-order valence-corrected chi connectivity index (χ2v) is 3.77. The van der Waals surface area contributed by atoms with Crippen molar-refractivity contribution in [2.45, 2.75) is 45.2 Å². The predicted octanol–water partition coefficient (Wildman–Crippen LogP) is 0.995. The fourth-order valence-corrected chi connectivity index (χ4v) is 2.00. The Balaban J connectivity index is 2.58. The average molecular weight is 184 g/mol. The van der Waals surface area contributed by atoms with Crippen molar-refractivity contribution in [3.63, 3.8) is 0 Å². The molecule has 1 N–H and O–H groups in total. The van der Waals surface area contributed by atoms with Crippen LogP contribution in [0.15, 0.2) is 0 Å². The zero-order valence-corrected chi connectivity index (χ0v) is 8.84. The highest BCUT2D eigenvalue weighted by molar-refractivity contribution is 5.81. The molecule has 1 fully saturated rings. The standard InChI is InChI=1S/C10H20N2O/c1-4-8(2)12-7-5-6-9(12)10(13)11-3/h8-9H,4-7H2,1-3H3,(H,11,13). The maximum Gasteiger partial charge on any atom is 0.237 e. The van der Waals surface area contributed by atoms with Crippen LogP contribution in [0.4, 0.5) is 0 Å². The Morgan fingerprint density at radius 1 is 1.69 bits per heavy atom. The number of amides is 1. The lowest BCUT2D eigenvalue weighted by Gasteiger charge is -2.28. The van der Waals surface area contributed by atoms with Crippen LogP contribution in [0.1, 0.15) is 33.1 Å². The van der Waals surface area contributed by atoms with Gasteiger partial charge in [-0.05, 0) is 32.7 Å². The summed E-state index contributed by atoms with van der Waals surface area (Å²) in [7, 11) is 1.72. The van der Waals surface area contributed by atoms with Gasteiger partial charge in [-0.2, -0.15) is 0 Å². The van der Waals surface area contributed by atoms with Gasteiger partial charge in [0.1, 0.15) is 0 Å². The molecule has 3 nitrogen and oxygen atoms in total. The van der Waals surface area contributed by atoms with Crippen molar-refractivity contribution in [3.05, 3.63) is 0 Å². The second kappa shape index (κ2) is 4.61. The SMILES string of the molecule is CCC(C)N1CCCC1C(=O)NC. The summed E-state index contributed by atoms with van der Waals surface area (Å²) in [5, 5.41) is 2.74. The summed E-state index contributed by atoms with van der Waals surface area (Å²) >= 11 is 0. The van der Waals surface area contributed by atoms with Crippen molar-refractivity contribution in [3.8, 4) is 0 Å². The zero-order valence-electron chi connectivity index (χ0n) is 8.84. The summed E-state index contributed by atoms with van der Waals surface area (Å²) in [6, 6.07) is 0.657. The number of nitrogens with zero attached hydrogens (tertiary/aromatic N) is 1. The van der Waals surface area contributed by atoms with E-state index in [1.165, 1.54) is 0 Å². The van der Waals surface area contributed by atoms with E-state index in [0.29, 0.717) is 6.04 Å². The van der Waals surface area contributed by atoms with Gasteiger partial charge in [0.05, 0.1) is 6.04 Å². The number of likely N-dealkylation sites (tertiary alicyclic amines) is 1. The van der Waals surface area contributed by atoms with E-state index in [2.05, 4.69) is 24.1 Å². The molecule has 76 valence electrons. The second-order valence-electron chi connectivity index (χ2n) is 3.77. The third kappa shape index (κ3) is 2.21. The van der Waals surface area contributed by atoms with E-state index in [1.807, 2.05) is 0 Å². The first-order valence-electron chi connectivity index (χ1n) is 5.18. The Labute approximate surface area is 80.5 Å². The molecule has 1 heterocycles. The highest BCUT2D eigenvalue weighted by Gasteiger charge is 2.32. The van der Waals surface area contributed by atoms with Crippen LogP contribution >= 0.6 is 0 Å². The summed E-state index contributed by atoms with van der Waals surface area (Å²) in [6.45, 7) is 5.44. The lowest BCUT2D eigenvalue weighted by Crippen LogP contribution is -2.45. The van der Waals surface area contributed by atoms with Crippen molar-refractivity contribution < 1.29 is 4.79 Å². The Kier molecular flexibility index (Phi) is 3.72. The molecule has 0 aromatic rings. The highest BCUT2D eigenvalue weighted by atomic mass is 16.2. The van der Waals surface area contributed by atoms with E-state index in [1.54, 1.807) is 7.05 Å². The van der Waals surface area contributed by atoms with Crippen molar-refractivity contribution in [1.82, 2.24) is 10.2 Å². The molecule has 0 aromatic heterocycles. The molecule has 13 heavy (non-hydrogen) atoms. The molecule has 1 aliphatic heterocycles. The molecule has 1 saturated heterocycles. The third-order valence-corrected chi connectivity index (χ3v) is 3.00. The topological polar surface area (TPSA) is 32.3 Å². The molecule has 0 aliphatic carbocycles. The summed E-state index contributed by atoms with van der Waals surface area (Å²) in [6.07, 6.45) is 3.29. The van der Waals surface area contributed by atoms with Gasteiger partial charge in [0, 0.05) is 13.1 Å². The molecular weight excluding hydrogens is 164 g/mol. The number of rotatable bonds is 3. The quantitative estimate of drug-likeness (QED) is 0.709. The fraction of sp³-hybridized carbons (Fsp3) is 0.900. The first kappa shape index (κ1) is 10.5. The van der Waals surface area contributed by atoms with Gasteiger partial charge < -0.3 is 5.32 Å². The molecule has 2 atom stereocenters. The summed E-state index contributed by atoms with van der Waals surface area (Å²) in [5.41, 5.74) is 0. The summed E-state index contributed by atoms with van der Waals surface area (Å²) in [5.74, 6) is 0.179. The van der Waals surface area contributed by atoms with Gasteiger partial charge in [-0.3, -0.25) is 9.69 Å². The number of hydrogen-bond donors (Lipinski definition) is 1. The van der Waals surface area contributed by atoms with E-state index in [4.69, 9.17) is 0 Å². The van der Waals surface area contributed by atoms with Gasteiger partial charge >= 0.3 is 0 Å². The Bertz CT molecular complexity index is 182. The van der Waals surface area contributed by atoms with Crippen LogP contribution in [0, 0.1) is 0 Å². The van der Waals surface area contributed by atoms with E-state index < -0.39 is 0 Å². The normalized spacial score (nSPS) is 25.9. The van der Waals surface area contributed by atoms with E-state index in [0.717, 1.165) is 25.8 Å². The summed E-state index contributed by atoms with van der Waals surface area (Å²) < 4.78 is 0. The average Bonchev–Trinajstić information content (AvgIpc) is 2.63. The van der Waals surface area contributed by atoms with Gasteiger partial charge in [-0.1, -0.05) is 6.92 Å². The highest BCUT2D eigenvalue weighted by Crippen LogP contribution is 2.21. The molecule has 0 aromatic carbocycles. The monoisotopic (exact) mass is 184 g/mol. The third-order valence-electron chi connectivity index (χ3n) is 3.00. The maximum absolute atomic E-state index is 11.5. The van der Waals surface area contributed by atoms with Crippen molar-refractivity contribution in [2.75, 3.05) is 13.6 Å². The van der Waals surface area contributed by atoms with Crippen LogP contribution in [0.3, 0.4) is 0 Å². The van der Waals surface area contributed by atoms with E-state index in [9.17, 15) is 4.79 Å². The molecule has 0 bridgehead atoms. The van der Waals surface area contributed by atoms with Gasteiger partial charge in [0.2, 0.25) is 5.91 Å². The molecule has 0 radical (unpaired) electrons. The van der Waals surface area contributed by atoms with Crippen molar-refractivity contribution >= 4 is 5.91 Å². The minimum absolute atomic E-state index is 0.125. The molecule has 3 heteroatoms. The van der Waals surface area contributed by atoms with Crippen molar-refractivity contribution in [2.24, 2.45) is 0 Å². The summed E-state index contributed by atoms with van der Waals surface area (Å²) in [4.78, 5) is 13.8. The van der Waals surface area contributed by atoms with Crippen LogP contribution in [0.5, 0.6) is 0 Å². The van der Waals surface area contributed by atoms with E-state index >= 15 is 0 Å². The van der Waals surface area contributed by atoms with Crippen LogP contribution in [0.2, 0.25) is 0 Å². The Morgan fingerprint density at radius 2 is 2.38 bits per heavy atom. The fourth-order valence-electron chi connectivity index (χ4n) is 2.00. The smallest absolute Gasteiger partial charge is 0.237 e. The van der Waals surface area contributed by atoms with Gasteiger partial charge in [-0.25, -0.2) is 0 Å². The van der Waals surface area contributed by atoms with Crippen LogP contribution in [-0.2, 0) is 4.79 Å². The maximum atomic E-state index is 11.5. The minimum Gasteiger partial charge on any atom is -0.358 e. The first-order chi connectivity index (χ1) is 6.20. The van der Waals surface area contributed by atoms with Crippen LogP contribution in [-0.4, -0.2) is 36.5 Å². The molecule has 0 saturated carbocycles. The lowest BCUT2D eigenvalue weighted by molar-refractivity contribution is -0.125. The number of carbonyl (C=O) groups is 1. The largest absolute Gasteiger partial charge is 0.358 e. The number of nitrogens with one attached hydrogen (secondary N) is 1. The molecule has 1 amide bonds. The number of carbonyl (C=O) groups excluding carboxylic acids is 1.